The van der Waals surface area contributed by atoms with E-state index in [9.17, 15) is 9.59 Å². The van der Waals surface area contributed by atoms with E-state index in [1.54, 1.807) is 25.4 Å². The van der Waals surface area contributed by atoms with Gasteiger partial charge in [-0.2, -0.15) is 10.4 Å². The Labute approximate surface area is 253 Å². The number of aromatic nitrogens is 5. The molecule has 0 spiro atoms. The van der Waals surface area contributed by atoms with Crippen molar-refractivity contribution in [2.45, 2.75) is 32.0 Å². The number of carbonyl (C=O) groups excluding carboxylic acids is 2. The molecule has 3 aromatic heterocycles. The predicted octanol–water partition coefficient (Wildman–Crippen LogP) is 3.07. The van der Waals surface area contributed by atoms with E-state index in [0.29, 0.717) is 23.6 Å². The Hall–Kier alpha value is -5.35. The molecule has 0 unspecified atom stereocenters. The molecule has 2 amide bonds. The van der Waals surface area contributed by atoms with Crippen molar-refractivity contribution in [3.05, 3.63) is 71.4 Å². The van der Waals surface area contributed by atoms with Crippen molar-refractivity contribution in [1.29, 1.82) is 5.26 Å². The molecule has 4 aromatic rings. The monoisotopic (exact) mass is 589 g/mol. The number of amides is 2. The van der Waals surface area contributed by atoms with Gasteiger partial charge in [-0.1, -0.05) is 12.1 Å². The molecule has 1 saturated carbocycles. The Morgan fingerprint density at radius 3 is 2.64 bits per heavy atom. The van der Waals surface area contributed by atoms with E-state index < -0.39 is 0 Å². The highest BCUT2D eigenvalue weighted by Crippen LogP contribution is 2.45. The summed E-state index contributed by atoms with van der Waals surface area (Å²) in [5.41, 5.74) is 7.12. The van der Waals surface area contributed by atoms with Crippen LogP contribution in [0.3, 0.4) is 0 Å². The lowest BCUT2D eigenvalue weighted by Gasteiger charge is -2.40. The van der Waals surface area contributed by atoms with E-state index >= 15 is 0 Å². The first-order valence-electron chi connectivity index (χ1n) is 14.6. The summed E-state index contributed by atoms with van der Waals surface area (Å²) in [6.07, 6.45) is 5.29. The van der Waals surface area contributed by atoms with Crippen LogP contribution in [0.15, 0.2) is 48.8 Å². The fourth-order valence-corrected chi connectivity index (χ4v) is 5.85. The zero-order valence-corrected chi connectivity index (χ0v) is 24.4. The number of likely N-dealkylation sites (tertiary alicyclic amines) is 1. The maximum atomic E-state index is 12.7. The average molecular weight is 590 g/mol. The second-order valence-electron chi connectivity index (χ2n) is 11.5. The minimum Gasteiger partial charge on any atom is -0.366 e. The molecule has 44 heavy (non-hydrogen) atoms. The number of para-hydroxylation sites is 1. The summed E-state index contributed by atoms with van der Waals surface area (Å²) in [4.78, 5) is 33.9. The number of nitrogens with one attached hydrogen (secondary N) is 3. The molecular weight excluding hydrogens is 558 g/mol. The van der Waals surface area contributed by atoms with Crippen LogP contribution in [0.5, 0.6) is 0 Å². The summed E-state index contributed by atoms with van der Waals surface area (Å²) in [5, 5.41) is 30.9. The van der Waals surface area contributed by atoms with E-state index in [4.69, 9.17) is 10.4 Å². The van der Waals surface area contributed by atoms with Gasteiger partial charge in [0, 0.05) is 63.0 Å². The topological polar surface area (TPSA) is 157 Å². The third kappa shape index (κ3) is 5.09. The molecule has 222 valence electrons. The fraction of sp³-hybridized carbons (Fsp3) is 0.323. The molecule has 5 heterocycles. The zero-order chi connectivity index (χ0) is 30.4. The molecule has 1 saturated heterocycles. The number of benzene rings is 1. The van der Waals surface area contributed by atoms with Gasteiger partial charge < -0.3 is 20.9 Å². The number of carbonyl (C=O) groups is 2. The largest absolute Gasteiger partial charge is 0.366 e. The lowest BCUT2D eigenvalue weighted by atomic mass is 9.97. The van der Waals surface area contributed by atoms with Crippen LogP contribution < -0.4 is 20.9 Å². The molecule has 3 N–H and O–H groups in total. The van der Waals surface area contributed by atoms with E-state index in [0.717, 1.165) is 66.4 Å². The van der Waals surface area contributed by atoms with E-state index in [1.165, 1.54) is 0 Å². The van der Waals surface area contributed by atoms with Crippen molar-refractivity contribution in [3.8, 4) is 17.2 Å². The number of hydrogen-bond acceptors (Lipinski definition) is 10. The van der Waals surface area contributed by atoms with Gasteiger partial charge in [-0.15, -0.1) is 10.2 Å². The van der Waals surface area contributed by atoms with Gasteiger partial charge in [-0.3, -0.25) is 24.2 Å². The van der Waals surface area contributed by atoms with Gasteiger partial charge in [0.2, 0.25) is 5.91 Å². The van der Waals surface area contributed by atoms with Crippen molar-refractivity contribution in [2.24, 2.45) is 5.92 Å². The molecule has 0 bridgehead atoms. The second kappa shape index (κ2) is 11.1. The van der Waals surface area contributed by atoms with Crippen LogP contribution >= 0.6 is 0 Å². The number of fused-ring (bicyclic) bond motifs is 3. The average Bonchev–Trinajstić information content (AvgIpc) is 3.79. The van der Waals surface area contributed by atoms with Gasteiger partial charge in [-0.25, -0.2) is 0 Å². The Bertz CT molecular complexity index is 1800. The van der Waals surface area contributed by atoms with E-state index in [2.05, 4.69) is 57.7 Å². The maximum absolute atomic E-state index is 12.7. The number of hydrogen-bond donors (Lipinski definition) is 3. The smallest absolute Gasteiger partial charge is 0.273 e. The van der Waals surface area contributed by atoms with Gasteiger partial charge in [-0.05, 0) is 31.0 Å². The highest BCUT2D eigenvalue weighted by molar-refractivity contribution is 6.01. The van der Waals surface area contributed by atoms with Crippen LogP contribution in [-0.2, 0) is 17.9 Å². The van der Waals surface area contributed by atoms with Crippen molar-refractivity contribution in [3.63, 3.8) is 0 Å². The molecule has 0 radical (unpaired) electrons. The third-order valence-electron chi connectivity index (χ3n) is 8.32. The number of anilines is 4. The molecule has 7 rings (SSSR count). The Morgan fingerprint density at radius 1 is 1.07 bits per heavy atom. The van der Waals surface area contributed by atoms with Crippen molar-refractivity contribution < 1.29 is 9.59 Å². The van der Waals surface area contributed by atoms with Crippen LogP contribution in [0.25, 0.3) is 11.1 Å². The predicted molar refractivity (Wildman–Crippen MR) is 163 cm³/mol. The Morgan fingerprint density at radius 2 is 1.91 bits per heavy atom. The molecule has 3 aliphatic rings. The molecule has 13 nitrogen and oxygen atoms in total. The first kappa shape index (κ1) is 27.5. The van der Waals surface area contributed by atoms with Gasteiger partial charge in [0.1, 0.15) is 6.07 Å². The fourth-order valence-electron chi connectivity index (χ4n) is 5.85. The summed E-state index contributed by atoms with van der Waals surface area (Å²) < 4.78 is 2.14. The maximum Gasteiger partial charge on any atom is 0.273 e. The first-order valence-corrected chi connectivity index (χ1v) is 14.6. The number of nitrogens with zero attached hydrogens (tertiary/aromatic N) is 8. The quantitative estimate of drug-likeness (QED) is 0.279. The van der Waals surface area contributed by atoms with Gasteiger partial charge >= 0.3 is 0 Å². The SMILES string of the molecule is CNC(=O)c1nnc(NC(=O)C2CC2)cc1Nc1cccc2c1N(C)Cc1c-2cnn1C1CN(Cc2ccc(C#N)cn2)C1. The normalized spacial score (nSPS) is 15.9. The second-order valence-corrected chi connectivity index (χ2v) is 11.5. The van der Waals surface area contributed by atoms with Gasteiger partial charge in [0.15, 0.2) is 11.5 Å². The van der Waals surface area contributed by atoms with E-state index in [1.807, 2.05) is 31.4 Å². The zero-order valence-electron chi connectivity index (χ0n) is 24.4. The van der Waals surface area contributed by atoms with E-state index in [-0.39, 0.29) is 29.5 Å². The van der Waals surface area contributed by atoms with Crippen LogP contribution in [-0.4, -0.2) is 68.9 Å². The lowest BCUT2D eigenvalue weighted by Crippen LogP contribution is -2.48. The molecule has 1 aromatic carbocycles. The van der Waals surface area contributed by atoms with Crippen LogP contribution in [0.1, 0.15) is 46.3 Å². The van der Waals surface area contributed by atoms with Crippen LogP contribution in [0, 0.1) is 17.2 Å². The summed E-state index contributed by atoms with van der Waals surface area (Å²) in [6, 6.07) is 13.7. The highest BCUT2D eigenvalue weighted by atomic mass is 16.2. The molecular formula is C31H31N11O2. The number of rotatable bonds is 8. The van der Waals surface area contributed by atoms with Gasteiger partial charge in [0.25, 0.3) is 5.91 Å². The van der Waals surface area contributed by atoms with Crippen molar-refractivity contribution in [2.75, 3.05) is 42.7 Å². The van der Waals surface area contributed by atoms with Crippen LogP contribution in [0.4, 0.5) is 22.9 Å². The van der Waals surface area contributed by atoms with Crippen LogP contribution in [0.2, 0.25) is 0 Å². The van der Waals surface area contributed by atoms with Gasteiger partial charge in [0.05, 0.1) is 52.8 Å². The third-order valence-corrected chi connectivity index (χ3v) is 8.32. The van der Waals surface area contributed by atoms with Crippen molar-refractivity contribution in [1.82, 2.24) is 35.2 Å². The standard InChI is InChI=1S/C31H31N11O2/c1-33-31(44)28-25(10-27(38-39-28)37-30(43)19-7-8-19)36-24-5-3-4-22-23-13-35-42(26(23)17-40(2)29(22)24)21-15-41(16-21)14-20-9-6-18(11-32)12-34-20/h3-6,9-10,12-13,19,21H,7-8,14-17H2,1-2H3,(H,33,44)(H2,36,37,38,43). The minimum absolute atomic E-state index is 0.0132. The molecule has 2 aliphatic heterocycles. The molecule has 2 fully saturated rings. The Balaban J connectivity index is 1.12. The summed E-state index contributed by atoms with van der Waals surface area (Å²) in [5.74, 6) is -0.159. The Kier molecular flexibility index (Phi) is 6.90. The summed E-state index contributed by atoms with van der Waals surface area (Å²) in [7, 11) is 3.58. The summed E-state index contributed by atoms with van der Waals surface area (Å²) >= 11 is 0. The molecule has 13 heteroatoms. The summed E-state index contributed by atoms with van der Waals surface area (Å²) in [6.45, 7) is 3.13. The first-order chi connectivity index (χ1) is 21.4. The lowest BCUT2D eigenvalue weighted by molar-refractivity contribution is -0.117. The number of pyridine rings is 1. The highest BCUT2D eigenvalue weighted by Gasteiger charge is 2.34. The minimum atomic E-state index is -0.383. The molecule has 1 aliphatic carbocycles. The molecule has 0 atom stereocenters. The number of nitriles is 1. The van der Waals surface area contributed by atoms with Crippen molar-refractivity contribution >= 4 is 34.7 Å².